The van der Waals surface area contributed by atoms with Crippen molar-refractivity contribution in [3.63, 3.8) is 0 Å². The number of carbonyl (C=O) groups is 1. The van der Waals surface area contributed by atoms with Gasteiger partial charge in [0.1, 0.15) is 11.4 Å². The van der Waals surface area contributed by atoms with E-state index in [1.807, 2.05) is 7.05 Å². The van der Waals surface area contributed by atoms with Gasteiger partial charge in [-0.3, -0.25) is 4.79 Å². The molecule has 1 atom stereocenters. The van der Waals surface area contributed by atoms with Crippen LogP contribution in [0.15, 0.2) is 6.07 Å². The van der Waals surface area contributed by atoms with Crippen molar-refractivity contribution in [1.82, 2.24) is 15.6 Å². The highest BCUT2D eigenvalue weighted by molar-refractivity contribution is 6.36. The number of pyridine rings is 1. The second-order valence-corrected chi connectivity index (χ2v) is 8.01. The molecule has 7 nitrogen and oxygen atoms in total. The van der Waals surface area contributed by atoms with Crippen LogP contribution in [0.5, 0.6) is 5.88 Å². The smallest absolute Gasteiger partial charge is 0.417 e. The lowest BCUT2D eigenvalue weighted by molar-refractivity contribution is -0.137. The molecule has 1 unspecified atom stereocenters. The summed E-state index contributed by atoms with van der Waals surface area (Å²) < 4.78 is 61.8. The van der Waals surface area contributed by atoms with E-state index in [1.165, 1.54) is 7.05 Å². The maximum atomic E-state index is 14.3. The van der Waals surface area contributed by atoms with Crippen LogP contribution < -0.4 is 26.4 Å². The zero-order chi connectivity index (χ0) is 25.6. The number of benzene rings is 1. The summed E-state index contributed by atoms with van der Waals surface area (Å²) in [7, 11) is 3.28. The van der Waals surface area contributed by atoms with Crippen LogP contribution in [0.1, 0.15) is 34.8 Å². The summed E-state index contributed by atoms with van der Waals surface area (Å²) in [5.41, 5.74) is 2.31. The van der Waals surface area contributed by atoms with Crippen molar-refractivity contribution >= 4 is 29.3 Å². The third-order valence-electron chi connectivity index (χ3n) is 5.17. The highest BCUT2D eigenvalue weighted by Gasteiger charge is 2.39. The molecule has 34 heavy (non-hydrogen) atoms. The summed E-state index contributed by atoms with van der Waals surface area (Å²) in [5.74, 6) is -1.38. The Morgan fingerprint density at radius 3 is 2.50 bits per heavy atom. The second-order valence-electron chi connectivity index (χ2n) is 7.63. The Balaban J connectivity index is 2.61. The molecule has 1 aromatic heterocycles. The highest BCUT2D eigenvalue weighted by Crippen LogP contribution is 2.46. The van der Waals surface area contributed by atoms with Crippen LogP contribution >= 0.6 is 11.6 Å². The lowest BCUT2D eigenvalue weighted by atomic mass is 9.96. The van der Waals surface area contributed by atoms with Crippen molar-refractivity contribution in [1.29, 1.82) is 0 Å². The van der Waals surface area contributed by atoms with Gasteiger partial charge in [0, 0.05) is 25.7 Å². The Morgan fingerprint density at radius 2 is 1.94 bits per heavy atom. The molecule has 2 rings (SSSR count). The molecular weight excluding hydrogens is 478 g/mol. The Morgan fingerprint density at radius 1 is 1.26 bits per heavy atom. The van der Waals surface area contributed by atoms with Gasteiger partial charge in [-0.25, -0.2) is 9.37 Å². The van der Waals surface area contributed by atoms with E-state index in [1.54, 1.807) is 6.92 Å². The zero-order valence-electron chi connectivity index (χ0n) is 19.3. The van der Waals surface area contributed by atoms with Crippen molar-refractivity contribution < 1.29 is 27.1 Å². The fraction of sp³-hybridized carbons (Fsp3) is 0.455. The molecule has 0 radical (unpaired) electrons. The first-order chi connectivity index (χ1) is 16.0. The number of hydrogen-bond donors (Lipinski definition) is 4. The third kappa shape index (κ3) is 6.08. The molecule has 0 saturated heterocycles. The van der Waals surface area contributed by atoms with E-state index >= 15 is 0 Å². The van der Waals surface area contributed by atoms with Crippen molar-refractivity contribution in [2.45, 2.75) is 32.5 Å². The molecule has 5 N–H and O–H groups in total. The number of aromatic nitrogens is 1. The number of nitrogen functional groups attached to an aromatic ring is 1. The van der Waals surface area contributed by atoms with Crippen LogP contribution in [0.25, 0.3) is 11.3 Å². The molecule has 0 aliphatic carbocycles. The van der Waals surface area contributed by atoms with Gasteiger partial charge >= 0.3 is 6.18 Å². The average molecular weight is 506 g/mol. The van der Waals surface area contributed by atoms with Gasteiger partial charge in [0.05, 0.1) is 33.8 Å². The standard InChI is InChI=1S/C22H28ClF4N5O2/c1-11(5-6-31-8-7-29-3)34-21-14(10-33)19(30-4)17(23)20(32-21)13-9-15(28)18(24)12(2)16(13)22(25,26)27/h9-11,29,31H,5-8,28H2,1-4H3,(H,30,32). The number of alkyl halides is 3. The van der Waals surface area contributed by atoms with Crippen LogP contribution in [-0.4, -0.2) is 51.1 Å². The van der Waals surface area contributed by atoms with Gasteiger partial charge in [0.15, 0.2) is 6.29 Å². The molecule has 12 heteroatoms. The van der Waals surface area contributed by atoms with Crippen LogP contribution in [0.3, 0.4) is 0 Å². The Bertz CT molecular complexity index is 1030. The van der Waals surface area contributed by atoms with E-state index in [0.717, 1.165) is 26.1 Å². The quantitative estimate of drug-likeness (QED) is 0.156. The largest absolute Gasteiger partial charge is 0.474 e. The van der Waals surface area contributed by atoms with Gasteiger partial charge in [-0.15, -0.1) is 0 Å². The van der Waals surface area contributed by atoms with Crippen molar-refractivity contribution in [3.05, 3.63) is 33.6 Å². The molecule has 1 aromatic carbocycles. The maximum Gasteiger partial charge on any atom is 0.417 e. The number of carbonyl (C=O) groups excluding carboxylic acids is 1. The molecule has 0 saturated carbocycles. The zero-order valence-corrected chi connectivity index (χ0v) is 20.0. The van der Waals surface area contributed by atoms with E-state index in [2.05, 4.69) is 20.9 Å². The summed E-state index contributed by atoms with van der Waals surface area (Å²) in [4.78, 5) is 16.0. The molecule has 0 aliphatic rings. The fourth-order valence-electron chi connectivity index (χ4n) is 3.44. The van der Waals surface area contributed by atoms with Crippen molar-refractivity contribution in [3.8, 4) is 17.1 Å². The summed E-state index contributed by atoms with van der Waals surface area (Å²) in [5, 5.41) is 8.66. The highest BCUT2D eigenvalue weighted by atomic mass is 35.5. The van der Waals surface area contributed by atoms with Gasteiger partial charge in [0.25, 0.3) is 0 Å². The third-order valence-corrected chi connectivity index (χ3v) is 5.53. The number of hydrogen-bond acceptors (Lipinski definition) is 7. The maximum absolute atomic E-state index is 14.3. The van der Waals surface area contributed by atoms with E-state index in [0.29, 0.717) is 19.3 Å². The number of likely N-dealkylation sites (N-methyl/N-ethyl adjacent to an activating group) is 1. The summed E-state index contributed by atoms with van der Waals surface area (Å²) >= 11 is 6.38. The monoisotopic (exact) mass is 505 g/mol. The minimum atomic E-state index is -4.92. The minimum Gasteiger partial charge on any atom is -0.474 e. The topological polar surface area (TPSA) is 101 Å². The summed E-state index contributed by atoms with van der Waals surface area (Å²) in [6.07, 6.45) is -4.37. The molecule has 0 spiro atoms. The van der Waals surface area contributed by atoms with Crippen molar-refractivity contribution in [2.75, 3.05) is 44.8 Å². The number of ether oxygens (including phenoxy) is 1. The average Bonchev–Trinajstić information content (AvgIpc) is 2.76. The summed E-state index contributed by atoms with van der Waals surface area (Å²) in [6, 6.07) is 0.832. The fourth-order valence-corrected chi connectivity index (χ4v) is 3.78. The first-order valence-corrected chi connectivity index (χ1v) is 10.9. The van der Waals surface area contributed by atoms with Gasteiger partial charge in [-0.05, 0) is 45.5 Å². The first-order valence-electron chi connectivity index (χ1n) is 10.5. The van der Waals surface area contributed by atoms with Crippen LogP contribution in [0.4, 0.5) is 28.9 Å². The van der Waals surface area contributed by atoms with E-state index in [-0.39, 0.29) is 27.8 Å². The molecule has 1 heterocycles. The minimum absolute atomic E-state index is 0.0321. The molecule has 0 aliphatic heterocycles. The van der Waals surface area contributed by atoms with Crippen LogP contribution in [0.2, 0.25) is 5.02 Å². The number of aldehydes is 1. The molecule has 0 bridgehead atoms. The van der Waals surface area contributed by atoms with Gasteiger partial charge in [0.2, 0.25) is 5.88 Å². The van der Waals surface area contributed by atoms with Crippen molar-refractivity contribution in [2.24, 2.45) is 0 Å². The number of nitrogens with one attached hydrogen (secondary N) is 3. The second kappa shape index (κ2) is 11.7. The van der Waals surface area contributed by atoms with E-state index in [4.69, 9.17) is 22.1 Å². The first kappa shape index (κ1) is 27.6. The Hall–Kier alpha value is -2.63. The van der Waals surface area contributed by atoms with Gasteiger partial charge in [-0.2, -0.15) is 13.2 Å². The number of rotatable bonds is 11. The lowest BCUT2D eigenvalue weighted by Gasteiger charge is -2.22. The number of nitrogens with zero attached hydrogens (tertiary/aromatic N) is 1. The van der Waals surface area contributed by atoms with E-state index < -0.39 is 40.5 Å². The molecule has 0 fully saturated rings. The molecular formula is C22H28ClF4N5O2. The number of nitrogens with two attached hydrogens (primary N) is 1. The molecule has 2 aromatic rings. The van der Waals surface area contributed by atoms with Crippen LogP contribution in [0, 0.1) is 12.7 Å². The van der Waals surface area contributed by atoms with Gasteiger partial charge in [-0.1, -0.05) is 11.6 Å². The van der Waals surface area contributed by atoms with Crippen LogP contribution in [-0.2, 0) is 6.18 Å². The predicted octanol–water partition coefficient (Wildman–Crippen LogP) is 4.27. The molecule has 0 amide bonds. The number of halogens is 5. The lowest BCUT2D eigenvalue weighted by Crippen LogP contribution is -2.28. The SMILES string of the molecule is CNCCNCCC(C)Oc1nc(-c2cc(N)c(F)c(C)c2C(F)(F)F)c(Cl)c(NC)c1C=O. The Labute approximate surface area is 200 Å². The van der Waals surface area contributed by atoms with Gasteiger partial charge < -0.3 is 26.4 Å². The Kier molecular flexibility index (Phi) is 9.48. The summed E-state index contributed by atoms with van der Waals surface area (Å²) in [6.45, 7) is 4.84. The van der Waals surface area contributed by atoms with E-state index in [9.17, 15) is 22.4 Å². The predicted molar refractivity (Wildman–Crippen MR) is 125 cm³/mol. The normalized spacial score (nSPS) is 12.5. The molecule has 188 valence electrons. The number of anilines is 2.